The number of anilines is 1. The normalized spacial score (nSPS) is 10.6. The highest BCUT2D eigenvalue weighted by Crippen LogP contribution is 2.29. The zero-order chi connectivity index (χ0) is 14.5. The fourth-order valence-electron chi connectivity index (χ4n) is 1.94. The van der Waals surface area contributed by atoms with Crippen LogP contribution in [0.1, 0.15) is 26.0 Å². The number of nitrogens with zero attached hydrogens (tertiary/aromatic N) is 2. The number of aryl methyl sites for hydroxylation is 1. The zero-order valence-electron chi connectivity index (χ0n) is 11.6. The maximum atomic E-state index is 6.24. The largest absolute Gasteiger partial charge is 0.370 e. The van der Waals surface area contributed by atoms with Gasteiger partial charge in [-0.25, -0.2) is 9.97 Å². The average molecular weight is 310 g/mol. The van der Waals surface area contributed by atoms with Crippen LogP contribution in [0.3, 0.4) is 0 Å². The average Bonchev–Trinajstić information content (AvgIpc) is 2.39. The lowest BCUT2D eigenvalue weighted by Gasteiger charge is -2.10. The Hall–Kier alpha value is -1.32. The van der Waals surface area contributed by atoms with Crippen LogP contribution in [0.4, 0.5) is 5.82 Å². The summed E-state index contributed by atoms with van der Waals surface area (Å²) >= 11 is 12.2. The quantitative estimate of drug-likeness (QED) is 0.859. The van der Waals surface area contributed by atoms with E-state index in [4.69, 9.17) is 23.2 Å². The second-order valence-corrected chi connectivity index (χ2v) is 5.32. The van der Waals surface area contributed by atoms with E-state index in [9.17, 15) is 0 Å². The molecule has 0 aliphatic carbocycles. The summed E-state index contributed by atoms with van der Waals surface area (Å²) in [4.78, 5) is 9.10. The lowest BCUT2D eigenvalue weighted by Crippen LogP contribution is -2.04. The lowest BCUT2D eigenvalue weighted by atomic mass is 10.2. The molecule has 0 amide bonds. The molecule has 5 heteroatoms. The van der Waals surface area contributed by atoms with Gasteiger partial charge in [-0.2, -0.15) is 0 Å². The van der Waals surface area contributed by atoms with Gasteiger partial charge in [0.2, 0.25) is 0 Å². The van der Waals surface area contributed by atoms with Gasteiger partial charge in [0.15, 0.2) is 5.82 Å². The molecule has 106 valence electrons. The summed E-state index contributed by atoms with van der Waals surface area (Å²) < 4.78 is 0. The molecule has 0 atom stereocenters. The number of halogens is 2. The molecule has 2 aromatic rings. The first kappa shape index (κ1) is 15.1. The van der Waals surface area contributed by atoms with Crippen molar-refractivity contribution in [2.45, 2.75) is 26.7 Å². The van der Waals surface area contributed by atoms with E-state index in [1.165, 1.54) is 0 Å². The summed E-state index contributed by atoms with van der Waals surface area (Å²) in [5.74, 6) is 1.46. The van der Waals surface area contributed by atoms with Gasteiger partial charge in [-0.05, 0) is 31.5 Å². The highest BCUT2D eigenvalue weighted by molar-refractivity contribution is 6.36. The Morgan fingerprint density at radius 1 is 1.10 bits per heavy atom. The van der Waals surface area contributed by atoms with Gasteiger partial charge >= 0.3 is 0 Å². The van der Waals surface area contributed by atoms with Crippen molar-refractivity contribution in [3.05, 3.63) is 40.0 Å². The first-order valence-corrected chi connectivity index (χ1v) is 7.47. The van der Waals surface area contributed by atoms with Gasteiger partial charge in [-0.1, -0.05) is 36.5 Å². The highest BCUT2D eigenvalue weighted by Gasteiger charge is 2.10. The molecule has 3 nitrogen and oxygen atoms in total. The molecule has 0 saturated heterocycles. The fourth-order valence-corrected chi connectivity index (χ4v) is 2.44. The van der Waals surface area contributed by atoms with E-state index in [1.807, 2.05) is 19.1 Å². The molecule has 1 heterocycles. The van der Waals surface area contributed by atoms with E-state index in [2.05, 4.69) is 22.2 Å². The molecule has 0 spiro atoms. The van der Waals surface area contributed by atoms with Crippen LogP contribution in [0.5, 0.6) is 0 Å². The number of rotatable bonds is 5. The molecule has 0 aliphatic heterocycles. The molecule has 0 bridgehead atoms. The molecule has 1 N–H and O–H groups in total. The van der Waals surface area contributed by atoms with Gasteiger partial charge in [0.1, 0.15) is 5.82 Å². The van der Waals surface area contributed by atoms with Crippen LogP contribution in [0.15, 0.2) is 24.3 Å². The van der Waals surface area contributed by atoms with Crippen molar-refractivity contribution >= 4 is 29.0 Å². The molecule has 0 saturated carbocycles. The summed E-state index contributed by atoms with van der Waals surface area (Å²) in [6.07, 6.45) is 1.95. The lowest BCUT2D eigenvalue weighted by molar-refractivity contribution is 0.875. The maximum absolute atomic E-state index is 6.24. The number of hydrogen-bond acceptors (Lipinski definition) is 3. The van der Waals surface area contributed by atoms with Crippen molar-refractivity contribution in [1.82, 2.24) is 9.97 Å². The van der Waals surface area contributed by atoms with Crippen LogP contribution >= 0.6 is 23.2 Å². The van der Waals surface area contributed by atoms with Crippen LogP contribution in [-0.2, 0) is 6.42 Å². The number of benzene rings is 1. The van der Waals surface area contributed by atoms with Gasteiger partial charge < -0.3 is 5.32 Å². The standard InChI is InChI=1S/C15H17Cl2N3/c1-3-5-11-9-14(18-4-2)20-15(19-11)12-7-6-10(16)8-13(12)17/h6-9H,3-5H2,1-2H3,(H,18,19,20). The number of aromatic nitrogens is 2. The van der Waals surface area contributed by atoms with Crippen LogP contribution in [0, 0.1) is 0 Å². The molecular formula is C15H17Cl2N3. The smallest absolute Gasteiger partial charge is 0.163 e. The summed E-state index contributed by atoms with van der Waals surface area (Å²) in [5, 5.41) is 4.40. The molecular weight excluding hydrogens is 293 g/mol. The van der Waals surface area contributed by atoms with Gasteiger partial charge in [-0.3, -0.25) is 0 Å². The second-order valence-electron chi connectivity index (χ2n) is 4.47. The van der Waals surface area contributed by atoms with E-state index < -0.39 is 0 Å². The third-order valence-corrected chi connectivity index (χ3v) is 3.36. The van der Waals surface area contributed by atoms with Crippen molar-refractivity contribution in [2.24, 2.45) is 0 Å². The van der Waals surface area contributed by atoms with Crippen LogP contribution < -0.4 is 5.32 Å². The third-order valence-electron chi connectivity index (χ3n) is 2.82. The molecule has 1 aromatic heterocycles. The van der Waals surface area contributed by atoms with E-state index in [1.54, 1.807) is 12.1 Å². The predicted octanol–water partition coefficient (Wildman–Crippen LogP) is 4.83. The SMILES string of the molecule is CCCc1cc(NCC)nc(-c2ccc(Cl)cc2Cl)n1. The first-order valence-electron chi connectivity index (χ1n) is 6.71. The highest BCUT2D eigenvalue weighted by atomic mass is 35.5. The Morgan fingerprint density at radius 2 is 1.90 bits per heavy atom. The van der Waals surface area contributed by atoms with E-state index in [-0.39, 0.29) is 0 Å². The Bertz CT molecular complexity index is 575. The number of nitrogens with one attached hydrogen (secondary N) is 1. The minimum atomic E-state index is 0.564. The monoisotopic (exact) mass is 309 g/mol. The number of hydrogen-bond donors (Lipinski definition) is 1. The zero-order valence-corrected chi connectivity index (χ0v) is 13.1. The van der Waals surface area contributed by atoms with Gasteiger partial charge in [0, 0.05) is 28.9 Å². The minimum absolute atomic E-state index is 0.564. The molecule has 0 radical (unpaired) electrons. The summed E-state index contributed by atoms with van der Waals surface area (Å²) in [6.45, 7) is 4.98. The van der Waals surface area contributed by atoms with Crippen molar-refractivity contribution in [1.29, 1.82) is 0 Å². The summed E-state index contributed by atoms with van der Waals surface area (Å²) in [7, 11) is 0. The Labute approximate surface area is 129 Å². The van der Waals surface area contributed by atoms with E-state index in [0.29, 0.717) is 15.9 Å². The first-order chi connectivity index (χ1) is 9.63. The van der Waals surface area contributed by atoms with Gasteiger partial charge in [-0.15, -0.1) is 0 Å². The summed E-state index contributed by atoms with van der Waals surface area (Å²) in [6, 6.07) is 7.35. The van der Waals surface area contributed by atoms with Gasteiger partial charge in [0.05, 0.1) is 5.02 Å². The molecule has 1 aromatic carbocycles. The van der Waals surface area contributed by atoms with E-state index in [0.717, 1.165) is 36.5 Å². The molecule has 0 unspecified atom stereocenters. The van der Waals surface area contributed by atoms with Crippen molar-refractivity contribution in [3.63, 3.8) is 0 Å². The minimum Gasteiger partial charge on any atom is -0.370 e. The van der Waals surface area contributed by atoms with E-state index >= 15 is 0 Å². The predicted molar refractivity (Wildman–Crippen MR) is 85.6 cm³/mol. The fraction of sp³-hybridized carbons (Fsp3) is 0.333. The summed E-state index contributed by atoms with van der Waals surface area (Å²) in [5.41, 5.74) is 1.81. The Kier molecular flexibility index (Phi) is 5.21. The van der Waals surface area contributed by atoms with Crippen LogP contribution in [0.25, 0.3) is 11.4 Å². The second kappa shape index (κ2) is 6.91. The van der Waals surface area contributed by atoms with Crippen LogP contribution in [-0.4, -0.2) is 16.5 Å². The molecule has 0 fully saturated rings. The Morgan fingerprint density at radius 3 is 2.55 bits per heavy atom. The van der Waals surface area contributed by atoms with Crippen molar-refractivity contribution in [2.75, 3.05) is 11.9 Å². The third kappa shape index (κ3) is 3.62. The van der Waals surface area contributed by atoms with Crippen molar-refractivity contribution < 1.29 is 0 Å². The van der Waals surface area contributed by atoms with Gasteiger partial charge in [0.25, 0.3) is 0 Å². The molecule has 2 rings (SSSR count). The topological polar surface area (TPSA) is 37.8 Å². The molecule has 20 heavy (non-hydrogen) atoms. The van der Waals surface area contributed by atoms with Crippen molar-refractivity contribution in [3.8, 4) is 11.4 Å². The Balaban J connectivity index is 2.48. The van der Waals surface area contributed by atoms with Crippen LogP contribution in [0.2, 0.25) is 10.0 Å². The maximum Gasteiger partial charge on any atom is 0.163 e. The molecule has 0 aliphatic rings.